The van der Waals surface area contributed by atoms with E-state index < -0.39 is 38.3 Å². The molecule has 1 unspecified atom stereocenters. The highest BCUT2D eigenvalue weighted by molar-refractivity contribution is 7.89. The fraction of sp³-hybridized carbons (Fsp3) is 0.500. The SMILES string of the molecule is O=C([O-])C1CCCN1S(=O)(=O)c1n[nH]c(=O)[nH]c1=O. The lowest BCUT2D eigenvalue weighted by Crippen LogP contribution is -2.48. The topological polar surface area (TPSA) is 156 Å². The Bertz CT molecular complexity index is 719. The Morgan fingerprint density at radius 1 is 1.42 bits per heavy atom. The molecule has 0 amide bonds. The van der Waals surface area contributed by atoms with Gasteiger partial charge in [0.1, 0.15) is 0 Å². The number of carbonyl (C=O) groups excluding carboxylic acids is 1. The first-order chi connectivity index (χ1) is 8.84. The Labute approximate surface area is 106 Å². The molecule has 0 spiro atoms. The average Bonchev–Trinajstić information content (AvgIpc) is 2.77. The van der Waals surface area contributed by atoms with E-state index in [1.807, 2.05) is 0 Å². The lowest BCUT2D eigenvalue weighted by atomic mass is 10.2. The molecular formula is C8H9N4O6S-. The molecule has 1 aromatic heterocycles. The highest BCUT2D eigenvalue weighted by Gasteiger charge is 2.38. The van der Waals surface area contributed by atoms with E-state index >= 15 is 0 Å². The molecule has 2 heterocycles. The lowest BCUT2D eigenvalue weighted by Gasteiger charge is -2.23. The third-order valence-corrected chi connectivity index (χ3v) is 4.53. The second-order valence-corrected chi connectivity index (χ2v) is 5.71. The lowest BCUT2D eigenvalue weighted by molar-refractivity contribution is -0.309. The van der Waals surface area contributed by atoms with Crippen molar-refractivity contribution in [1.29, 1.82) is 0 Å². The molecule has 2 rings (SSSR count). The molecule has 0 radical (unpaired) electrons. The van der Waals surface area contributed by atoms with Crippen molar-refractivity contribution < 1.29 is 18.3 Å². The van der Waals surface area contributed by atoms with Gasteiger partial charge in [0.25, 0.3) is 20.6 Å². The van der Waals surface area contributed by atoms with Crippen molar-refractivity contribution in [2.24, 2.45) is 0 Å². The molecule has 0 aromatic carbocycles. The van der Waals surface area contributed by atoms with Gasteiger partial charge in [0.05, 0.1) is 12.0 Å². The van der Waals surface area contributed by atoms with Crippen LogP contribution in [0.2, 0.25) is 0 Å². The number of rotatable bonds is 3. The zero-order valence-corrected chi connectivity index (χ0v) is 10.3. The van der Waals surface area contributed by atoms with Crippen LogP contribution >= 0.6 is 0 Å². The maximum absolute atomic E-state index is 12.1. The highest BCUT2D eigenvalue weighted by atomic mass is 32.2. The fourth-order valence-electron chi connectivity index (χ4n) is 1.89. The molecule has 1 aromatic rings. The number of carboxylic acids is 1. The molecular weight excluding hydrogens is 280 g/mol. The van der Waals surface area contributed by atoms with Crippen molar-refractivity contribution in [2.45, 2.75) is 23.9 Å². The van der Waals surface area contributed by atoms with Gasteiger partial charge in [-0.2, -0.15) is 9.40 Å². The maximum atomic E-state index is 12.1. The molecule has 1 aliphatic heterocycles. The summed E-state index contributed by atoms with van der Waals surface area (Å²) < 4.78 is 24.9. The van der Waals surface area contributed by atoms with Crippen LogP contribution in [0.15, 0.2) is 14.6 Å². The molecule has 2 N–H and O–H groups in total. The third kappa shape index (κ3) is 2.29. The minimum atomic E-state index is -4.39. The predicted molar refractivity (Wildman–Crippen MR) is 57.4 cm³/mol. The first kappa shape index (κ1) is 13.4. The molecule has 0 aliphatic carbocycles. The molecule has 1 saturated heterocycles. The van der Waals surface area contributed by atoms with Crippen LogP contribution in [-0.2, 0) is 14.8 Å². The number of carboxylic acid groups (broad SMARTS) is 1. The van der Waals surface area contributed by atoms with Crippen LogP contribution in [0.25, 0.3) is 0 Å². The van der Waals surface area contributed by atoms with E-state index in [4.69, 9.17) is 0 Å². The molecule has 1 aliphatic rings. The van der Waals surface area contributed by atoms with Gasteiger partial charge < -0.3 is 9.90 Å². The number of aromatic amines is 2. The van der Waals surface area contributed by atoms with Gasteiger partial charge in [-0.15, -0.1) is 0 Å². The Morgan fingerprint density at radius 3 is 2.68 bits per heavy atom. The van der Waals surface area contributed by atoms with Gasteiger partial charge in [0.15, 0.2) is 0 Å². The number of nitrogens with one attached hydrogen (secondary N) is 2. The largest absolute Gasteiger partial charge is 0.548 e. The van der Waals surface area contributed by atoms with Crippen molar-refractivity contribution in [1.82, 2.24) is 19.5 Å². The first-order valence-electron chi connectivity index (χ1n) is 5.26. The van der Waals surface area contributed by atoms with Crippen LogP contribution < -0.4 is 16.4 Å². The number of nitrogens with zero attached hydrogens (tertiary/aromatic N) is 2. The quantitative estimate of drug-likeness (QED) is 0.581. The van der Waals surface area contributed by atoms with E-state index in [2.05, 4.69) is 5.10 Å². The molecule has 104 valence electrons. The van der Waals surface area contributed by atoms with Crippen LogP contribution in [0.3, 0.4) is 0 Å². The van der Waals surface area contributed by atoms with Crippen LogP contribution in [0, 0.1) is 0 Å². The summed E-state index contributed by atoms with van der Waals surface area (Å²) in [6.07, 6.45) is 0.432. The van der Waals surface area contributed by atoms with Gasteiger partial charge in [0.2, 0.25) is 0 Å². The molecule has 0 bridgehead atoms. The number of aromatic nitrogens is 3. The van der Waals surface area contributed by atoms with Crippen LogP contribution in [0.4, 0.5) is 0 Å². The molecule has 19 heavy (non-hydrogen) atoms. The van der Waals surface area contributed by atoms with Crippen LogP contribution in [0.5, 0.6) is 0 Å². The summed E-state index contributed by atoms with van der Waals surface area (Å²) in [6, 6.07) is -1.34. The van der Waals surface area contributed by atoms with Crippen molar-refractivity contribution in [3.63, 3.8) is 0 Å². The molecule has 10 nitrogen and oxygen atoms in total. The smallest absolute Gasteiger partial charge is 0.342 e. The molecule has 1 atom stereocenters. The number of sulfonamides is 1. The summed E-state index contributed by atoms with van der Waals surface area (Å²) in [7, 11) is -4.39. The number of hydrogen-bond acceptors (Lipinski definition) is 7. The minimum Gasteiger partial charge on any atom is -0.548 e. The van der Waals surface area contributed by atoms with Crippen molar-refractivity contribution in [3.05, 3.63) is 20.8 Å². The zero-order chi connectivity index (χ0) is 14.2. The monoisotopic (exact) mass is 289 g/mol. The van der Waals surface area contributed by atoms with E-state index in [0.717, 1.165) is 0 Å². The van der Waals surface area contributed by atoms with E-state index in [1.54, 1.807) is 10.1 Å². The predicted octanol–water partition coefficient (Wildman–Crippen LogP) is -3.64. The summed E-state index contributed by atoms with van der Waals surface area (Å²) in [5, 5.41) is 14.9. The minimum absolute atomic E-state index is 0.0543. The van der Waals surface area contributed by atoms with E-state index in [-0.39, 0.29) is 13.0 Å². The van der Waals surface area contributed by atoms with Gasteiger partial charge in [0, 0.05) is 6.54 Å². The summed E-state index contributed by atoms with van der Waals surface area (Å²) in [5.41, 5.74) is -2.16. The molecule has 1 fully saturated rings. The normalized spacial score (nSPS) is 20.5. The molecule has 11 heteroatoms. The van der Waals surface area contributed by atoms with Gasteiger partial charge in [-0.1, -0.05) is 0 Å². The summed E-state index contributed by atoms with van der Waals surface area (Å²) >= 11 is 0. The third-order valence-electron chi connectivity index (χ3n) is 2.71. The highest BCUT2D eigenvalue weighted by Crippen LogP contribution is 2.22. The first-order valence-corrected chi connectivity index (χ1v) is 6.70. The Hall–Kier alpha value is -2.01. The number of carbonyl (C=O) groups is 1. The van der Waals surface area contributed by atoms with E-state index in [0.29, 0.717) is 10.7 Å². The number of H-pyrrole nitrogens is 2. The second kappa shape index (κ2) is 4.59. The Balaban J connectivity index is 2.51. The van der Waals surface area contributed by atoms with Crippen LogP contribution in [0.1, 0.15) is 12.8 Å². The fourth-order valence-corrected chi connectivity index (χ4v) is 3.45. The number of aliphatic carboxylic acids is 1. The van der Waals surface area contributed by atoms with E-state index in [1.165, 1.54) is 0 Å². The summed E-state index contributed by atoms with van der Waals surface area (Å²) in [5.74, 6) is -1.54. The summed E-state index contributed by atoms with van der Waals surface area (Å²) in [4.78, 5) is 34.8. The standard InChI is InChI=1S/C8H10N4O6S/c13-5-6(10-11-8(16)9-5)19(17,18)12-3-1-2-4(12)7(14)15/h4H,1-3H2,(H,14,15)(H2,9,11,13,16)/p-1. The van der Waals surface area contributed by atoms with Gasteiger partial charge >= 0.3 is 5.69 Å². The summed E-state index contributed by atoms with van der Waals surface area (Å²) in [6.45, 7) is -0.0543. The van der Waals surface area contributed by atoms with Crippen molar-refractivity contribution in [3.8, 4) is 0 Å². The Morgan fingerprint density at radius 2 is 2.11 bits per heavy atom. The Kier molecular flexibility index (Phi) is 3.24. The molecule has 0 saturated carbocycles. The maximum Gasteiger partial charge on any atom is 0.342 e. The van der Waals surface area contributed by atoms with Crippen molar-refractivity contribution >= 4 is 16.0 Å². The second-order valence-electron chi connectivity index (χ2n) is 3.90. The zero-order valence-electron chi connectivity index (χ0n) is 9.45. The van der Waals surface area contributed by atoms with Gasteiger partial charge in [-0.3, -0.25) is 9.78 Å². The van der Waals surface area contributed by atoms with E-state index in [9.17, 15) is 27.9 Å². The average molecular weight is 289 g/mol. The van der Waals surface area contributed by atoms with Crippen LogP contribution in [-0.4, -0.2) is 46.5 Å². The van der Waals surface area contributed by atoms with Crippen molar-refractivity contribution in [2.75, 3.05) is 6.54 Å². The van der Waals surface area contributed by atoms with Gasteiger partial charge in [-0.05, 0) is 12.8 Å². The number of hydrogen-bond donors (Lipinski definition) is 2. The van der Waals surface area contributed by atoms with Gasteiger partial charge in [-0.25, -0.2) is 18.3 Å².